The van der Waals surface area contributed by atoms with Crippen molar-refractivity contribution in [2.75, 3.05) is 5.75 Å². The second kappa shape index (κ2) is 6.58. The molecular formula is C10H16FNO4S. The van der Waals surface area contributed by atoms with Crippen LogP contribution in [0.15, 0.2) is 0 Å². The molecule has 0 spiro atoms. The number of aliphatic carboxylic acids is 1. The lowest BCUT2D eigenvalue weighted by molar-refractivity contribution is -0.141. The van der Waals surface area contributed by atoms with Gasteiger partial charge >= 0.3 is 5.97 Å². The zero-order chi connectivity index (χ0) is 13.6. The van der Waals surface area contributed by atoms with E-state index in [0.717, 1.165) is 11.8 Å². The van der Waals surface area contributed by atoms with E-state index in [-0.39, 0.29) is 10.9 Å². The van der Waals surface area contributed by atoms with E-state index < -0.39 is 30.0 Å². The lowest BCUT2D eigenvalue weighted by Crippen LogP contribution is -2.44. The predicted molar refractivity (Wildman–Crippen MR) is 62.5 cm³/mol. The minimum Gasteiger partial charge on any atom is -0.480 e. The lowest BCUT2D eigenvalue weighted by Gasteiger charge is -2.17. The Balaban J connectivity index is 4.30. The number of hydrogen-bond donors (Lipinski definition) is 2. The first-order valence-electron chi connectivity index (χ1n) is 4.96. The molecule has 0 aromatic rings. The first kappa shape index (κ1) is 15.9. The van der Waals surface area contributed by atoms with Gasteiger partial charge in [0.25, 0.3) is 0 Å². The quantitative estimate of drug-likeness (QED) is 0.747. The Hall–Kier alpha value is -1.11. The van der Waals surface area contributed by atoms with Gasteiger partial charge < -0.3 is 10.4 Å². The summed E-state index contributed by atoms with van der Waals surface area (Å²) in [4.78, 5) is 32.8. The van der Waals surface area contributed by atoms with Crippen LogP contribution in [-0.2, 0) is 14.4 Å². The zero-order valence-corrected chi connectivity index (χ0v) is 10.8. The SMILES string of the molecule is CC(=O)SC[C@H](NC(=O)CC(C)(C)F)C(=O)O. The monoisotopic (exact) mass is 265 g/mol. The van der Waals surface area contributed by atoms with Crippen LogP contribution in [0.3, 0.4) is 0 Å². The molecule has 0 heterocycles. The number of carboxylic acids is 1. The number of hydrogen-bond acceptors (Lipinski definition) is 4. The van der Waals surface area contributed by atoms with E-state index in [2.05, 4.69) is 5.32 Å². The van der Waals surface area contributed by atoms with Gasteiger partial charge in [-0.2, -0.15) is 0 Å². The van der Waals surface area contributed by atoms with Crippen LogP contribution in [0.1, 0.15) is 27.2 Å². The van der Waals surface area contributed by atoms with Gasteiger partial charge in [-0.25, -0.2) is 9.18 Å². The Labute approximate surface area is 103 Å². The molecule has 2 N–H and O–H groups in total. The number of amides is 1. The molecule has 0 rings (SSSR count). The van der Waals surface area contributed by atoms with Crippen molar-refractivity contribution in [3.8, 4) is 0 Å². The fourth-order valence-electron chi connectivity index (χ4n) is 1.00. The van der Waals surface area contributed by atoms with Crippen molar-refractivity contribution < 1.29 is 23.9 Å². The van der Waals surface area contributed by atoms with E-state index in [9.17, 15) is 18.8 Å². The summed E-state index contributed by atoms with van der Waals surface area (Å²) in [5.41, 5.74) is -1.69. The molecule has 5 nitrogen and oxygen atoms in total. The summed E-state index contributed by atoms with van der Waals surface area (Å²) < 4.78 is 13.1. The van der Waals surface area contributed by atoms with Crippen molar-refractivity contribution in [1.82, 2.24) is 5.32 Å². The first-order valence-corrected chi connectivity index (χ1v) is 5.95. The van der Waals surface area contributed by atoms with Gasteiger partial charge in [0.15, 0.2) is 5.12 Å². The molecule has 17 heavy (non-hydrogen) atoms. The maximum absolute atomic E-state index is 13.1. The zero-order valence-electron chi connectivity index (χ0n) is 9.95. The fraction of sp³-hybridized carbons (Fsp3) is 0.700. The topological polar surface area (TPSA) is 83.5 Å². The Bertz CT molecular complexity index is 314. The Morgan fingerprint density at radius 3 is 2.29 bits per heavy atom. The molecule has 98 valence electrons. The highest BCUT2D eigenvalue weighted by Gasteiger charge is 2.25. The van der Waals surface area contributed by atoms with Crippen LogP contribution >= 0.6 is 11.8 Å². The van der Waals surface area contributed by atoms with Crippen LogP contribution in [-0.4, -0.2) is 39.6 Å². The highest BCUT2D eigenvalue weighted by molar-refractivity contribution is 8.13. The number of alkyl halides is 1. The number of nitrogens with one attached hydrogen (secondary N) is 1. The highest BCUT2D eigenvalue weighted by Crippen LogP contribution is 2.13. The van der Waals surface area contributed by atoms with Crippen molar-refractivity contribution in [3.05, 3.63) is 0 Å². The van der Waals surface area contributed by atoms with E-state index >= 15 is 0 Å². The Kier molecular flexibility index (Phi) is 6.15. The second-order valence-electron chi connectivity index (χ2n) is 4.16. The van der Waals surface area contributed by atoms with Gasteiger partial charge in [0.1, 0.15) is 11.7 Å². The van der Waals surface area contributed by atoms with Gasteiger partial charge in [0, 0.05) is 12.7 Å². The first-order chi connectivity index (χ1) is 7.61. The van der Waals surface area contributed by atoms with Crippen LogP contribution in [0.2, 0.25) is 0 Å². The van der Waals surface area contributed by atoms with Crippen LogP contribution < -0.4 is 5.32 Å². The largest absolute Gasteiger partial charge is 0.480 e. The van der Waals surface area contributed by atoms with E-state index in [1.807, 2.05) is 0 Å². The number of carbonyl (C=O) groups excluding carboxylic acids is 2. The van der Waals surface area contributed by atoms with E-state index in [1.165, 1.54) is 20.8 Å². The van der Waals surface area contributed by atoms with Crippen LogP contribution in [0.25, 0.3) is 0 Å². The fourth-order valence-corrected chi connectivity index (χ4v) is 1.63. The second-order valence-corrected chi connectivity index (χ2v) is 5.35. The molecule has 0 aromatic carbocycles. The summed E-state index contributed by atoms with van der Waals surface area (Å²) >= 11 is 0.799. The molecule has 0 aliphatic heterocycles. The standard InChI is InChI=1S/C10H16FNO4S/c1-6(13)17-5-7(9(15)16)12-8(14)4-10(2,3)11/h7H,4-5H2,1-3H3,(H,12,14)(H,15,16)/t7-/m0/s1. The lowest BCUT2D eigenvalue weighted by atomic mass is 10.1. The minimum atomic E-state index is -1.69. The number of rotatable bonds is 6. The smallest absolute Gasteiger partial charge is 0.327 e. The van der Waals surface area contributed by atoms with Gasteiger partial charge in [-0.15, -0.1) is 0 Å². The van der Waals surface area contributed by atoms with Gasteiger partial charge in [0.05, 0.1) is 6.42 Å². The Morgan fingerprint density at radius 1 is 1.41 bits per heavy atom. The van der Waals surface area contributed by atoms with Crippen molar-refractivity contribution in [1.29, 1.82) is 0 Å². The molecular weight excluding hydrogens is 249 g/mol. The summed E-state index contributed by atoms with van der Waals surface area (Å²) in [7, 11) is 0. The maximum atomic E-state index is 13.1. The summed E-state index contributed by atoms with van der Waals surface area (Å²) in [5.74, 6) is -2.00. The third-order valence-electron chi connectivity index (χ3n) is 1.67. The van der Waals surface area contributed by atoms with Crippen molar-refractivity contribution in [3.63, 3.8) is 0 Å². The van der Waals surface area contributed by atoms with E-state index in [4.69, 9.17) is 5.11 Å². The molecule has 1 atom stereocenters. The van der Waals surface area contributed by atoms with E-state index in [1.54, 1.807) is 0 Å². The molecule has 0 aromatic heterocycles. The summed E-state index contributed by atoms with van der Waals surface area (Å²) in [6, 6.07) is -1.18. The molecule has 0 aliphatic carbocycles. The molecule has 7 heteroatoms. The van der Waals surface area contributed by atoms with Crippen molar-refractivity contribution in [2.45, 2.75) is 38.9 Å². The third-order valence-corrected chi connectivity index (χ3v) is 2.57. The van der Waals surface area contributed by atoms with Crippen LogP contribution in [0.5, 0.6) is 0 Å². The maximum Gasteiger partial charge on any atom is 0.327 e. The molecule has 0 aliphatic rings. The summed E-state index contributed by atoms with van der Waals surface area (Å²) in [6.07, 6.45) is -0.415. The number of halogens is 1. The highest BCUT2D eigenvalue weighted by atomic mass is 32.2. The Morgan fingerprint density at radius 2 is 1.94 bits per heavy atom. The molecule has 0 saturated heterocycles. The van der Waals surface area contributed by atoms with Gasteiger partial charge in [0.2, 0.25) is 5.91 Å². The molecule has 0 radical (unpaired) electrons. The average molecular weight is 265 g/mol. The average Bonchev–Trinajstić information content (AvgIpc) is 2.08. The minimum absolute atomic E-state index is 0.0663. The van der Waals surface area contributed by atoms with Crippen molar-refractivity contribution in [2.24, 2.45) is 0 Å². The predicted octanol–water partition coefficient (Wildman–Crippen LogP) is 0.974. The summed E-state index contributed by atoms with van der Waals surface area (Å²) in [5, 5.41) is 10.7. The normalized spacial score (nSPS) is 12.9. The van der Waals surface area contributed by atoms with Gasteiger partial charge in [-0.3, -0.25) is 9.59 Å². The molecule has 0 unspecified atom stereocenters. The van der Waals surface area contributed by atoms with Gasteiger partial charge in [-0.1, -0.05) is 11.8 Å². The molecule has 0 fully saturated rings. The molecule has 1 amide bonds. The molecule has 0 saturated carbocycles. The van der Waals surface area contributed by atoms with E-state index in [0.29, 0.717) is 0 Å². The van der Waals surface area contributed by atoms with Gasteiger partial charge in [-0.05, 0) is 13.8 Å². The molecule has 0 bridgehead atoms. The van der Waals surface area contributed by atoms with Crippen LogP contribution in [0, 0.1) is 0 Å². The third kappa shape index (κ3) is 8.67. The van der Waals surface area contributed by atoms with Crippen LogP contribution in [0.4, 0.5) is 4.39 Å². The number of carboxylic acid groups (broad SMARTS) is 1. The van der Waals surface area contributed by atoms with Crippen molar-refractivity contribution >= 4 is 28.8 Å². The summed E-state index contributed by atoms with van der Waals surface area (Å²) in [6.45, 7) is 3.76. The number of thioether (sulfide) groups is 1. The number of carbonyl (C=O) groups is 3.